The van der Waals surface area contributed by atoms with E-state index in [1.807, 2.05) is 35.7 Å². The Labute approximate surface area is 178 Å². The van der Waals surface area contributed by atoms with Gasteiger partial charge in [-0.25, -0.2) is 0 Å². The lowest BCUT2D eigenvalue weighted by molar-refractivity contribution is -0.136. The van der Waals surface area contributed by atoms with Crippen molar-refractivity contribution in [1.82, 2.24) is 15.4 Å². The lowest BCUT2D eigenvalue weighted by Crippen LogP contribution is -2.62. The molecule has 0 unspecified atom stereocenters. The summed E-state index contributed by atoms with van der Waals surface area (Å²) in [6, 6.07) is 12.9. The normalized spacial score (nSPS) is 21.4. The second-order valence-corrected chi connectivity index (χ2v) is 8.30. The largest absolute Gasteiger partial charge is 0.388 e. The fraction of sp³-hybridized carbons (Fsp3) is 0.318. The number of hydrogen-bond acceptors (Lipinski definition) is 6. The van der Waals surface area contributed by atoms with E-state index in [0.717, 1.165) is 11.3 Å². The molecule has 2 amide bonds. The van der Waals surface area contributed by atoms with Crippen LogP contribution in [-0.2, 0) is 16.8 Å². The maximum Gasteiger partial charge on any atom is 0.252 e. The lowest BCUT2D eigenvalue weighted by Gasteiger charge is -2.46. The summed E-state index contributed by atoms with van der Waals surface area (Å²) in [5.41, 5.74) is 1.12. The Balaban J connectivity index is 1.54. The highest BCUT2D eigenvalue weighted by molar-refractivity contribution is 7.08. The number of nitrogens with one attached hydrogen (secondary N) is 1. The molecule has 4 rings (SSSR count). The van der Waals surface area contributed by atoms with Crippen molar-refractivity contribution in [2.24, 2.45) is 0 Å². The molecule has 1 aromatic carbocycles. The Kier molecular flexibility index (Phi) is 5.69. The fourth-order valence-corrected chi connectivity index (χ4v) is 4.52. The number of amides is 2. The molecular formula is C22H23N3O4S. The van der Waals surface area contributed by atoms with Crippen molar-refractivity contribution < 1.29 is 19.2 Å². The van der Waals surface area contributed by atoms with Gasteiger partial charge in [0.1, 0.15) is 5.76 Å². The molecule has 0 aliphatic carbocycles. The summed E-state index contributed by atoms with van der Waals surface area (Å²) in [6.07, 6.45) is -0.473. The number of aliphatic hydroxyl groups excluding tert-OH is 1. The SMILES string of the molecule is Cc1cc(CC(=O)N2CC[C@](NC(=O)c3ccsc3)(c3ccccc3)[C@H](O)C2)on1. The Morgan fingerprint density at radius 2 is 2.13 bits per heavy atom. The highest BCUT2D eigenvalue weighted by atomic mass is 32.1. The summed E-state index contributed by atoms with van der Waals surface area (Å²) >= 11 is 1.44. The van der Waals surface area contributed by atoms with Crippen LogP contribution in [0, 0.1) is 6.92 Å². The standard InChI is InChI=1S/C22H23N3O4S/c1-15-11-18(29-24-15)12-20(27)25-9-8-22(19(26)13-25,17-5-3-2-4-6-17)23-21(28)16-7-10-30-14-16/h2-7,10-11,14,19,26H,8-9,12-13H2,1H3,(H,23,28)/t19-,22+/m1/s1. The number of benzene rings is 1. The summed E-state index contributed by atoms with van der Waals surface area (Å²) < 4.78 is 5.14. The molecule has 1 fully saturated rings. The minimum Gasteiger partial charge on any atom is -0.388 e. The van der Waals surface area contributed by atoms with E-state index in [1.165, 1.54) is 11.3 Å². The monoisotopic (exact) mass is 425 g/mol. The smallest absolute Gasteiger partial charge is 0.252 e. The zero-order valence-corrected chi connectivity index (χ0v) is 17.4. The number of rotatable bonds is 5. The minimum atomic E-state index is -0.972. The van der Waals surface area contributed by atoms with Crippen molar-refractivity contribution in [3.63, 3.8) is 0 Å². The van der Waals surface area contributed by atoms with Crippen LogP contribution in [0.25, 0.3) is 0 Å². The Hall–Kier alpha value is -2.97. The predicted octanol–water partition coefficient (Wildman–Crippen LogP) is 2.51. The molecule has 3 heterocycles. The van der Waals surface area contributed by atoms with Gasteiger partial charge in [0.15, 0.2) is 0 Å². The highest BCUT2D eigenvalue weighted by Crippen LogP contribution is 2.34. The number of thiophene rings is 1. The molecule has 1 aliphatic heterocycles. The van der Waals surface area contributed by atoms with Crippen molar-refractivity contribution in [2.45, 2.75) is 31.4 Å². The van der Waals surface area contributed by atoms with Gasteiger partial charge in [-0.1, -0.05) is 35.5 Å². The fourth-order valence-electron chi connectivity index (χ4n) is 3.88. The number of aromatic nitrogens is 1. The number of nitrogens with zero attached hydrogens (tertiary/aromatic N) is 2. The van der Waals surface area contributed by atoms with E-state index in [-0.39, 0.29) is 24.8 Å². The number of carbonyl (C=O) groups excluding carboxylic acids is 2. The van der Waals surface area contributed by atoms with Gasteiger partial charge in [-0.2, -0.15) is 11.3 Å². The third-order valence-corrected chi connectivity index (χ3v) is 6.19. The third-order valence-electron chi connectivity index (χ3n) is 5.50. The van der Waals surface area contributed by atoms with Crippen LogP contribution in [0.15, 0.2) is 57.7 Å². The number of β-amino-alcohol motifs (C(OH)–C–C–N with tert-alkyl or cyclic N) is 1. The van der Waals surface area contributed by atoms with Crippen molar-refractivity contribution in [3.8, 4) is 0 Å². The third kappa shape index (κ3) is 4.01. The molecule has 30 heavy (non-hydrogen) atoms. The number of hydrogen-bond donors (Lipinski definition) is 2. The predicted molar refractivity (Wildman–Crippen MR) is 112 cm³/mol. The van der Waals surface area contributed by atoms with Crippen molar-refractivity contribution in [3.05, 3.63) is 75.8 Å². The van der Waals surface area contributed by atoms with Gasteiger partial charge in [-0.05, 0) is 30.4 Å². The molecule has 2 N–H and O–H groups in total. The van der Waals surface area contributed by atoms with Crippen LogP contribution < -0.4 is 5.32 Å². The van der Waals surface area contributed by atoms with Gasteiger partial charge in [-0.3, -0.25) is 9.59 Å². The second kappa shape index (κ2) is 8.41. The molecule has 0 bridgehead atoms. The summed E-state index contributed by atoms with van der Waals surface area (Å²) in [5.74, 6) is 0.115. The maximum absolute atomic E-state index is 12.8. The van der Waals surface area contributed by atoms with E-state index >= 15 is 0 Å². The minimum absolute atomic E-state index is 0.0904. The van der Waals surface area contributed by atoms with E-state index in [4.69, 9.17) is 4.52 Å². The lowest BCUT2D eigenvalue weighted by atomic mass is 9.78. The quantitative estimate of drug-likeness (QED) is 0.655. The molecule has 0 radical (unpaired) electrons. The molecular weight excluding hydrogens is 402 g/mol. The summed E-state index contributed by atoms with van der Waals surface area (Å²) in [5, 5.41) is 21.7. The number of aliphatic hydroxyl groups is 1. The van der Waals surface area contributed by atoms with Gasteiger partial charge in [-0.15, -0.1) is 0 Å². The van der Waals surface area contributed by atoms with Crippen LogP contribution in [-0.4, -0.2) is 46.2 Å². The van der Waals surface area contributed by atoms with Crippen LogP contribution in [0.4, 0.5) is 0 Å². The van der Waals surface area contributed by atoms with Crippen molar-refractivity contribution in [1.29, 1.82) is 0 Å². The molecule has 1 aliphatic rings. The molecule has 2 atom stereocenters. The van der Waals surface area contributed by atoms with E-state index in [1.54, 1.807) is 29.3 Å². The summed E-state index contributed by atoms with van der Waals surface area (Å²) in [4.78, 5) is 27.2. The van der Waals surface area contributed by atoms with E-state index < -0.39 is 11.6 Å². The van der Waals surface area contributed by atoms with Crippen LogP contribution >= 0.6 is 11.3 Å². The van der Waals surface area contributed by atoms with Crippen molar-refractivity contribution in [2.75, 3.05) is 13.1 Å². The first-order valence-corrected chi connectivity index (χ1v) is 10.7. The van der Waals surface area contributed by atoms with Gasteiger partial charge < -0.3 is 19.8 Å². The zero-order chi connectivity index (χ0) is 21.1. The number of likely N-dealkylation sites (tertiary alicyclic amines) is 1. The molecule has 1 saturated heterocycles. The molecule has 0 saturated carbocycles. The number of piperidine rings is 1. The van der Waals surface area contributed by atoms with Crippen molar-refractivity contribution >= 4 is 23.2 Å². The van der Waals surface area contributed by atoms with Gasteiger partial charge in [0, 0.05) is 24.5 Å². The van der Waals surface area contributed by atoms with Crippen LogP contribution in [0.5, 0.6) is 0 Å². The Bertz CT molecular complexity index is 1020. The van der Waals surface area contributed by atoms with Crippen LogP contribution in [0.1, 0.15) is 33.8 Å². The number of carbonyl (C=O) groups is 2. The first-order valence-electron chi connectivity index (χ1n) is 9.76. The van der Waals surface area contributed by atoms with Gasteiger partial charge in [0.05, 0.1) is 29.3 Å². The molecule has 7 nitrogen and oxygen atoms in total. The average molecular weight is 426 g/mol. The average Bonchev–Trinajstić information content (AvgIpc) is 3.42. The second-order valence-electron chi connectivity index (χ2n) is 7.52. The molecule has 0 spiro atoms. The van der Waals surface area contributed by atoms with Gasteiger partial charge in [0.2, 0.25) is 5.91 Å². The van der Waals surface area contributed by atoms with E-state index in [0.29, 0.717) is 24.3 Å². The highest BCUT2D eigenvalue weighted by Gasteiger charge is 2.46. The van der Waals surface area contributed by atoms with Crippen LogP contribution in [0.3, 0.4) is 0 Å². The first-order chi connectivity index (χ1) is 14.5. The van der Waals surface area contributed by atoms with E-state index in [9.17, 15) is 14.7 Å². The summed E-state index contributed by atoms with van der Waals surface area (Å²) in [6.45, 7) is 2.32. The molecule has 8 heteroatoms. The molecule has 2 aromatic heterocycles. The van der Waals surface area contributed by atoms with E-state index in [2.05, 4.69) is 10.5 Å². The Morgan fingerprint density at radius 1 is 1.33 bits per heavy atom. The summed E-state index contributed by atoms with van der Waals surface area (Å²) in [7, 11) is 0. The zero-order valence-electron chi connectivity index (χ0n) is 16.6. The van der Waals surface area contributed by atoms with Gasteiger partial charge in [0.25, 0.3) is 5.91 Å². The molecule has 3 aromatic rings. The van der Waals surface area contributed by atoms with Crippen LogP contribution in [0.2, 0.25) is 0 Å². The number of aryl methyl sites for hydroxylation is 1. The Morgan fingerprint density at radius 3 is 2.77 bits per heavy atom. The topological polar surface area (TPSA) is 95.7 Å². The van der Waals surface area contributed by atoms with Gasteiger partial charge >= 0.3 is 0 Å². The first kappa shape index (κ1) is 20.3. The molecule has 156 valence electrons. The maximum atomic E-state index is 12.8.